The second kappa shape index (κ2) is 8.55. The fourth-order valence-electron chi connectivity index (χ4n) is 3.82. The van der Waals surface area contributed by atoms with E-state index in [1.54, 1.807) is 12.1 Å². The van der Waals surface area contributed by atoms with E-state index in [0.717, 1.165) is 17.5 Å². The van der Waals surface area contributed by atoms with Crippen molar-refractivity contribution in [3.8, 4) is 17.6 Å². The summed E-state index contributed by atoms with van der Waals surface area (Å²) in [6, 6.07) is 10.7. The molecule has 2 heterocycles. The summed E-state index contributed by atoms with van der Waals surface area (Å²) in [6.07, 6.45) is -3.30. The maximum absolute atomic E-state index is 12.9. The van der Waals surface area contributed by atoms with Gasteiger partial charge in [-0.05, 0) is 29.8 Å². The highest BCUT2D eigenvalue weighted by Gasteiger charge is 2.31. The summed E-state index contributed by atoms with van der Waals surface area (Å²) in [5.74, 6) is 1.64. The highest BCUT2D eigenvalue weighted by atomic mass is 19.4. The second-order valence-electron chi connectivity index (χ2n) is 7.29. The number of methoxy groups -OCH3 is 2. The summed E-state index contributed by atoms with van der Waals surface area (Å²) in [5, 5.41) is 10.9. The van der Waals surface area contributed by atoms with Crippen LogP contribution in [0.4, 0.5) is 19.0 Å². The first-order valence-electron chi connectivity index (χ1n) is 9.84. The van der Waals surface area contributed by atoms with Gasteiger partial charge >= 0.3 is 6.18 Å². The molecule has 6 nitrogen and oxygen atoms in total. The lowest BCUT2D eigenvalue weighted by Gasteiger charge is -2.34. The van der Waals surface area contributed by atoms with Crippen LogP contribution in [0.25, 0.3) is 10.8 Å². The highest BCUT2D eigenvalue weighted by molar-refractivity contribution is 5.98. The number of hydrogen-bond acceptors (Lipinski definition) is 6. The Labute approximate surface area is 182 Å². The Morgan fingerprint density at radius 3 is 2.34 bits per heavy atom. The lowest BCUT2D eigenvalue weighted by atomic mass is 10.0. The van der Waals surface area contributed by atoms with Gasteiger partial charge in [-0.3, -0.25) is 0 Å². The molecule has 166 valence electrons. The zero-order valence-corrected chi connectivity index (χ0v) is 17.4. The van der Waals surface area contributed by atoms with Gasteiger partial charge < -0.3 is 19.1 Å². The number of pyridine rings is 1. The molecule has 0 radical (unpaired) electrons. The molecule has 0 aliphatic carbocycles. The molecule has 2 aromatic carbocycles. The highest BCUT2D eigenvalue weighted by Crippen LogP contribution is 2.38. The van der Waals surface area contributed by atoms with Crippen molar-refractivity contribution in [3.63, 3.8) is 0 Å². The third-order valence-electron chi connectivity index (χ3n) is 5.47. The van der Waals surface area contributed by atoms with Gasteiger partial charge in [0.15, 0.2) is 11.5 Å². The molecule has 1 fully saturated rings. The molecule has 9 heteroatoms. The van der Waals surface area contributed by atoms with Gasteiger partial charge in [-0.1, -0.05) is 12.1 Å². The van der Waals surface area contributed by atoms with Crippen molar-refractivity contribution in [1.29, 1.82) is 5.26 Å². The van der Waals surface area contributed by atoms with Crippen molar-refractivity contribution in [2.45, 2.75) is 12.3 Å². The predicted molar refractivity (Wildman–Crippen MR) is 112 cm³/mol. The van der Waals surface area contributed by atoms with Crippen LogP contribution in [0.1, 0.15) is 22.8 Å². The topological polar surface area (TPSA) is 67.6 Å². The first-order valence-corrected chi connectivity index (χ1v) is 9.84. The van der Waals surface area contributed by atoms with Crippen LogP contribution in [0.2, 0.25) is 0 Å². The smallest absolute Gasteiger partial charge is 0.416 e. The second-order valence-corrected chi connectivity index (χ2v) is 7.29. The molecule has 1 unspecified atom stereocenters. The summed E-state index contributed by atoms with van der Waals surface area (Å²) >= 11 is 0. The zero-order chi connectivity index (χ0) is 22.9. The Kier molecular flexibility index (Phi) is 5.80. The number of alkyl halides is 3. The third-order valence-corrected chi connectivity index (χ3v) is 5.47. The Morgan fingerprint density at radius 1 is 1.09 bits per heavy atom. The van der Waals surface area contributed by atoms with E-state index in [1.165, 1.54) is 32.5 Å². The minimum atomic E-state index is -4.39. The standard InChI is InChI=1S/C23H20F3N3O3/c1-30-19-9-17-15(11-27)12-28-22(18(17)10-20(19)31-2)29-7-8-32-21(13-29)14-3-5-16(6-4-14)23(24,25)26/h3-6,9-10,12,21H,7-8,13H2,1-2H3. The number of rotatable bonds is 4. The molecule has 1 aliphatic rings. The lowest BCUT2D eigenvalue weighted by Crippen LogP contribution is -2.39. The van der Waals surface area contributed by atoms with Crippen molar-refractivity contribution in [2.24, 2.45) is 0 Å². The van der Waals surface area contributed by atoms with E-state index in [4.69, 9.17) is 14.2 Å². The van der Waals surface area contributed by atoms with Gasteiger partial charge in [-0.25, -0.2) is 4.98 Å². The first-order chi connectivity index (χ1) is 15.4. The molecular formula is C23H20F3N3O3. The number of halogens is 3. The molecule has 32 heavy (non-hydrogen) atoms. The van der Waals surface area contributed by atoms with Gasteiger partial charge in [0.05, 0.1) is 32.0 Å². The molecule has 1 saturated heterocycles. The number of fused-ring (bicyclic) bond motifs is 1. The number of benzene rings is 2. The van der Waals surface area contributed by atoms with Gasteiger partial charge in [0.1, 0.15) is 18.0 Å². The fraction of sp³-hybridized carbons (Fsp3) is 0.304. The van der Waals surface area contributed by atoms with Crippen LogP contribution in [0.15, 0.2) is 42.6 Å². The van der Waals surface area contributed by atoms with Crippen LogP contribution < -0.4 is 14.4 Å². The fourth-order valence-corrected chi connectivity index (χ4v) is 3.82. The molecular weight excluding hydrogens is 423 g/mol. The molecule has 1 aromatic heterocycles. The van der Waals surface area contributed by atoms with E-state index in [0.29, 0.717) is 53.5 Å². The number of nitrogens with zero attached hydrogens (tertiary/aromatic N) is 3. The number of morpholine rings is 1. The van der Waals surface area contributed by atoms with Crippen LogP contribution in [-0.4, -0.2) is 38.9 Å². The van der Waals surface area contributed by atoms with Crippen LogP contribution in [-0.2, 0) is 10.9 Å². The quantitative estimate of drug-likeness (QED) is 0.581. The summed E-state index contributed by atoms with van der Waals surface area (Å²) in [7, 11) is 3.05. The molecule has 0 spiro atoms. The predicted octanol–water partition coefficient (Wildman–Crippen LogP) is 4.72. The average molecular weight is 443 g/mol. The Bertz CT molecular complexity index is 1170. The monoisotopic (exact) mass is 443 g/mol. The van der Waals surface area contributed by atoms with E-state index in [9.17, 15) is 18.4 Å². The van der Waals surface area contributed by atoms with E-state index in [-0.39, 0.29) is 0 Å². The van der Waals surface area contributed by atoms with Crippen molar-refractivity contribution >= 4 is 16.6 Å². The van der Waals surface area contributed by atoms with Gasteiger partial charge in [0.2, 0.25) is 0 Å². The molecule has 0 saturated carbocycles. The number of nitriles is 1. The first kappa shape index (κ1) is 21.7. The van der Waals surface area contributed by atoms with Crippen LogP contribution in [0.3, 0.4) is 0 Å². The summed E-state index contributed by atoms with van der Waals surface area (Å²) in [5.41, 5.74) is 0.354. The van der Waals surface area contributed by atoms with Crippen molar-refractivity contribution in [2.75, 3.05) is 38.8 Å². The van der Waals surface area contributed by atoms with Crippen molar-refractivity contribution < 1.29 is 27.4 Å². The maximum Gasteiger partial charge on any atom is 0.416 e. The van der Waals surface area contributed by atoms with Gasteiger partial charge in [-0.2, -0.15) is 18.4 Å². The SMILES string of the molecule is COc1cc2c(C#N)cnc(N3CCOC(c4ccc(C(F)(F)F)cc4)C3)c2cc1OC. The number of anilines is 1. The summed E-state index contributed by atoms with van der Waals surface area (Å²) in [4.78, 5) is 6.51. The van der Waals surface area contributed by atoms with E-state index in [2.05, 4.69) is 11.1 Å². The van der Waals surface area contributed by atoms with Crippen LogP contribution >= 0.6 is 0 Å². The number of ether oxygens (including phenoxy) is 3. The summed E-state index contributed by atoms with van der Waals surface area (Å²) in [6.45, 7) is 1.31. The average Bonchev–Trinajstić information content (AvgIpc) is 2.82. The minimum absolute atomic E-state index is 0.377. The largest absolute Gasteiger partial charge is 0.493 e. The van der Waals surface area contributed by atoms with Gasteiger partial charge in [-0.15, -0.1) is 0 Å². The maximum atomic E-state index is 12.9. The van der Waals surface area contributed by atoms with Gasteiger partial charge in [0, 0.05) is 30.1 Å². The lowest BCUT2D eigenvalue weighted by molar-refractivity contribution is -0.137. The Morgan fingerprint density at radius 2 is 1.75 bits per heavy atom. The molecule has 3 aromatic rings. The molecule has 0 amide bonds. The van der Waals surface area contributed by atoms with E-state index < -0.39 is 17.8 Å². The van der Waals surface area contributed by atoms with Crippen LogP contribution in [0, 0.1) is 11.3 Å². The minimum Gasteiger partial charge on any atom is -0.493 e. The molecule has 1 atom stereocenters. The van der Waals surface area contributed by atoms with Crippen LogP contribution in [0.5, 0.6) is 11.5 Å². The van der Waals surface area contributed by atoms with Crippen molar-refractivity contribution in [1.82, 2.24) is 4.98 Å². The summed E-state index contributed by atoms with van der Waals surface area (Å²) < 4.78 is 55.3. The van der Waals surface area contributed by atoms with Crippen molar-refractivity contribution in [3.05, 3.63) is 59.3 Å². The van der Waals surface area contributed by atoms with Gasteiger partial charge in [0.25, 0.3) is 0 Å². The Hall–Kier alpha value is -3.51. The molecule has 1 aliphatic heterocycles. The number of aromatic nitrogens is 1. The molecule has 0 bridgehead atoms. The normalized spacial score (nSPS) is 16.6. The third kappa shape index (κ3) is 4.01. The Balaban J connectivity index is 1.70. The molecule has 0 N–H and O–H groups in total. The molecule has 4 rings (SSSR count). The zero-order valence-electron chi connectivity index (χ0n) is 17.4. The van der Waals surface area contributed by atoms with E-state index >= 15 is 0 Å². The number of hydrogen-bond donors (Lipinski definition) is 0. The van der Waals surface area contributed by atoms with E-state index in [1.807, 2.05) is 4.90 Å².